The summed E-state index contributed by atoms with van der Waals surface area (Å²) in [5.41, 5.74) is 7.75. The van der Waals surface area contributed by atoms with Crippen LogP contribution < -0.4 is 21.1 Å². The van der Waals surface area contributed by atoms with E-state index >= 15 is 0 Å². The van der Waals surface area contributed by atoms with Gasteiger partial charge in [0.1, 0.15) is 23.3 Å². The van der Waals surface area contributed by atoms with Crippen molar-refractivity contribution < 1.29 is 14.3 Å². The predicted molar refractivity (Wildman–Crippen MR) is 154 cm³/mol. The Bertz CT molecular complexity index is 1130. The normalized spacial score (nSPS) is 23.5. The first-order valence-electron chi connectivity index (χ1n) is 14.0. The number of amidine groups is 1. The minimum absolute atomic E-state index is 0.0226. The van der Waals surface area contributed by atoms with Crippen LogP contribution in [-0.2, 0) is 4.79 Å². The van der Waals surface area contributed by atoms with E-state index in [0.29, 0.717) is 40.8 Å². The van der Waals surface area contributed by atoms with E-state index in [1.165, 1.54) is 6.20 Å². The minimum atomic E-state index is -0.301. The molecular formula is C29H43N7O3. The fourth-order valence-corrected chi connectivity index (χ4v) is 5.84. The first-order chi connectivity index (χ1) is 18.8. The molecule has 4 rings (SSSR count). The van der Waals surface area contributed by atoms with Gasteiger partial charge < -0.3 is 35.8 Å². The van der Waals surface area contributed by atoms with Crippen LogP contribution in [0.4, 0.5) is 5.69 Å². The summed E-state index contributed by atoms with van der Waals surface area (Å²) < 4.78 is 5.61. The maximum atomic E-state index is 13.2. The average Bonchev–Trinajstić information content (AvgIpc) is 3.46. The number of piperidine rings is 1. The molecule has 10 heteroatoms. The summed E-state index contributed by atoms with van der Waals surface area (Å²) in [6.07, 6.45) is 8.28. The molecule has 2 saturated heterocycles. The number of carbonyl (C=O) groups excluding carboxylic acids is 2. The largest absolute Gasteiger partial charge is 0.495 e. The maximum Gasteiger partial charge on any atom is 0.251 e. The topological polar surface area (TPSA) is 116 Å². The van der Waals surface area contributed by atoms with Crippen LogP contribution in [0.15, 0.2) is 47.5 Å². The Morgan fingerprint density at radius 2 is 1.90 bits per heavy atom. The molecule has 3 fully saturated rings. The van der Waals surface area contributed by atoms with Gasteiger partial charge in [-0.1, -0.05) is 26.3 Å². The lowest BCUT2D eigenvalue weighted by Crippen LogP contribution is -2.60. The lowest BCUT2D eigenvalue weighted by atomic mass is 10.0. The molecule has 0 spiro atoms. The van der Waals surface area contributed by atoms with Crippen molar-refractivity contribution in [1.82, 2.24) is 20.0 Å². The van der Waals surface area contributed by atoms with E-state index in [0.717, 1.165) is 51.6 Å². The molecule has 2 aliphatic heterocycles. The molecule has 1 saturated carbocycles. The van der Waals surface area contributed by atoms with E-state index in [-0.39, 0.29) is 29.9 Å². The molecule has 1 aromatic carbocycles. The van der Waals surface area contributed by atoms with Gasteiger partial charge in [0.15, 0.2) is 5.84 Å². The number of nitrogens with two attached hydrogens (primary N) is 1. The molecule has 10 nitrogen and oxygen atoms in total. The van der Waals surface area contributed by atoms with Crippen LogP contribution in [0, 0.1) is 0 Å². The van der Waals surface area contributed by atoms with E-state index in [2.05, 4.69) is 34.1 Å². The summed E-state index contributed by atoms with van der Waals surface area (Å²) in [7, 11) is 5.40. The van der Waals surface area contributed by atoms with E-state index in [1.54, 1.807) is 37.3 Å². The number of carbonyl (C=O) groups is 2. The van der Waals surface area contributed by atoms with Crippen LogP contribution in [0.2, 0.25) is 0 Å². The quantitative estimate of drug-likeness (QED) is 0.467. The molecule has 4 N–H and O–H groups in total. The molecule has 39 heavy (non-hydrogen) atoms. The zero-order valence-corrected chi connectivity index (χ0v) is 23.7. The highest BCUT2D eigenvalue weighted by Crippen LogP contribution is 2.33. The van der Waals surface area contributed by atoms with Crippen LogP contribution in [0.25, 0.3) is 0 Å². The summed E-state index contributed by atoms with van der Waals surface area (Å²) in [4.78, 5) is 37.0. The number of aliphatic imine (C=N–C) groups is 1. The summed E-state index contributed by atoms with van der Waals surface area (Å²) in [6, 6.07) is 5.40. The Labute approximate surface area is 231 Å². The van der Waals surface area contributed by atoms with Gasteiger partial charge >= 0.3 is 0 Å². The minimum Gasteiger partial charge on any atom is -0.495 e. The first kappa shape index (κ1) is 28.5. The lowest BCUT2D eigenvalue weighted by molar-refractivity contribution is -0.134. The third-order valence-corrected chi connectivity index (χ3v) is 8.09. The molecule has 0 bridgehead atoms. The third-order valence-electron chi connectivity index (χ3n) is 8.09. The van der Waals surface area contributed by atoms with Crippen molar-refractivity contribution in [3.63, 3.8) is 0 Å². The number of ether oxygens (including phenoxy) is 1. The highest BCUT2D eigenvalue weighted by Gasteiger charge is 2.42. The molecule has 2 amide bonds. The molecule has 0 unspecified atom stereocenters. The second-order valence-corrected chi connectivity index (χ2v) is 10.7. The number of methoxy groups -OCH3 is 1. The van der Waals surface area contributed by atoms with Crippen molar-refractivity contribution in [2.75, 3.05) is 39.6 Å². The highest BCUT2D eigenvalue weighted by molar-refractivity contribution is 6.08. The van der Waals surface area contributed by atoms with Gasteiger partial charge in [-0.05, 0) is 70.4 Å². The molecular weight excluding hydrogens is 494 g/mol. The fraction of sp³-hybridized carbons (Fsp3) is 0.552. The number of hydrogen-bond donors (Lipinski definition) is 3. The number of hydrogen-bond acceptors (Lipinski definition) is 7. The number of nitrogens with one attached hydrogen (secondary N) is 2. The van der Waals surface area contributed by atoms with Crippen molar-refractivity contribution in [1.29, 1.82) is 0 Å². The van der Waals surface area contributed by atoms with E-state index in [9.17, 15) is 9.59 Å². The van der Waals surface area contributed by atoms with Gasteiger partial charge in [0, 0.05) is 30.9 Å². The van der Waals surface area contributed by atoms with E-state index in [1.807, 2.05) is 6.92 Å². The molecule has 1 aromatic rings. The van der Waals surface area contributed by atoms with Gasteiger partial charge in [0.05, 0.1) is 12.8 Å². The summed E-state index contributed by atoms with van der Waals surface area (Å²) in [5.74, 6) is 1.45. The summed E-state index contributed by atoms with van der Waals surface area (Å²) in [5, 5.41) is 6.38. The van der Waals surface area contributed by atoms with Crippen LogP contribution in [0.1, 0.15) is 62.2 Å². The number of anilines is 1. The number of likely N-dealkylation sites (N-methyl/N-ethyl adjacent to an activating group) is 1. The van der Waals surface area contributed by atoms with Crippen molar-refractivity contribution in [3.8, 4) is 5.75 Å². The zero-order valence-electron chi connectivity index (χ0n) is 23.7. The lowest BCUT2D eigenvalue weighted by Gasteiger charge is -2.45. The van der Waals surface area contributed by atoms with Crippen molar-refractivity contribution >= 4 is 23.3 Å². The fourth-order valence-electron chi connectivity index (χ4n) is 5.84. The van der Waals surface area contributed by atoms with E-state index in [4.69, 9.17) is 15.5 Å². The average molecular weight is 538 g/mol. The monoisotopic (exact) mass is 537 g/mol. The number of rotatable bonds is 8. The van der Waals surface area contributed by atoms with Crippen LogP contribution in [-0.4, -0.2) is 84.8 Å². The standard InChI is InChI=1S/C29H43N7O3/c1-6-24-29(38)35(4)25(18-30)27(36(24)22-9-7-8-10-22)32-19(2)31-23-12-11-20(17-26(23)39-5)28(37)33-21-13-15-34(3)16-14-21/h11-12,17-18,21-22,24,31H,2,6-10,13-16,30H2,1,3-5H3,(H,33,37)/b25-18+,32-27?/t24-/m1/s1. The van der Waals surface area contributed by atoms with Gasteiger partial charge in [-0.3, -0.25) is 9.59 Å². The van der Waals surface area contributed by atoms with Gasteiger partial charge in [-0.15, -0.1) is 0 Å². The highest BCUT2D eigenvalue weighted by atomic mass is 16.5. The second kappa shape index (κ2) is 12.5. The Balaban J connectivity index is 1.54. The van der Waals surface area contributed by atoms with E-state index < -0.39 is 0 Å². The summed E-state index contributed by atoms with van der Waals surface area (Å²) >= 11 is 0. The zero-order chi connectivity index (χ0) is 28.1. The molecule has 212 valence electrons. The number of nitrogens with zero attached hydrogens (tertiary/aromatic N) is 4. The summed E-state index contributed by atoms with van der Waals surface area (Å²) in [6.45, 7) is 8.13. The Hall–Kier alpha value is -3.53. The van der Waals surface area contributed by atoms with Gasteiger partial charge in [-0.2, -0.15) is 0 Å². The molecule has 2 heterocycles. The van der Waals surface area contributed by atoms with Gasteiger partial charge in [-0.25, -0.2) is 4.99 Å². The van der Waals surface area contributed by atoms with Crippen molar-refractivity contribution in [2.45, 2.75) is 70.0 Å². The van der Waals surface area contributed by atoms with Crippen molar-refractivity contribution in [3.05, 3.63) is 48.1 Å². The SMILES string of the molecule is C=C(N=C1/C(=C\N)N(C)C(=O)[C@@H](CC)N1C1CCCC1)Nc1ccc(C(=O)NC2CCN(C)CC2)cc1OC. The second-order valence-electron chi connectivity index (χ2n) is 10.7. The molecule has 1 atom stereocenters. The first-order valence-corrected chi connectivity index (χ1v) is 14.0. The Kier molecular flexibility index (Phi) is 9.16. The number of benzene rings is 1. The number of piperazine rings is 1. The smallest absolute Gasteiger partial charge is 0.251 e. The Morgan fingerprint density at radius 1 is 1.21 bits per heavy atom. The molecule has 0 radical (unpaired) electrons. The third kappa shape index (κ3) is 6.21. The predicted octanol–water partition coefficient (Wildman–Crippen LogP) is 3.10. The van der Waals surface area contributed by atoms with Crippen LogP contribution in [0.3, 0.4) is 0 Å². The van der Waals surface area contributed by atoms with Gasteiger partial charge in [0.25, 0.3) is 5.91 Å². The van der Waals surface area contributed by atoms with Gasteiger partial charge in [0.2, 0.25) is 5.91 Å². The van der Waals surface area contributed by atoms with Crippen LogP contribution in [0.5, 0.6) is 5.75 Å². The maximum absolute atomic E-state index is 13.2. The molecule has 3 aliphatic rings. The molecule has 1 aliphatic carbocycles. The van der Waals surface area contributed by atoms with Crippen molar-refractivity contribution in [2.24, 2.45) is 10.7 Å². The number of likely N-dealkylation sites (tertiary alicyclic amines) is 1. The molecule has 0 aromatic heterocycles. The number of amides is 2. The Morgan fingerprint density at radius 3 is 2.51 bits per heavy atom. The van der Waals surface area contributed by atoms with Crippen LogP contribution >= 0.6 is 0 Å².